The van der Waals surface area contributed by atoms with Gasteiger partial charge in [-0.1, -0.05) is 0 Å². The molecular weight excluding hydrogens is 250 g/mol. The van der Waals surface area contributed by atoms with Crippen molar-refractivity contribution in [2.45, 2.75) is 0 Å². The van der Waals surface area contributed by atoms with E-state index >= 15 is 0 Å². The van der Waals surface area contributed by atoms with Gasteiger partial charge >= 0.3 is 16.5 Å². The van der Waals surface area contributed by atoms with Crippen molar-refractivity contribution in [2.24, 2.45) is 0 Å². The average Bonchev–Trinajstić information content (AvgIpc) is 1.00. The maximum absolute atomic E-state index is 6.00. The molecule has 0 spiro atoms. The van der Waals surface area contributed by atoms with Crippen LogP contribution >= 0.6 is 0 Å². The van der Waals surface area contributed by atoms with Crippen LogP contribution in [0.4, 0.5) is 0 Å². The van der Waals surface area contributed by atoms with Crippen LogP contribution in [0.1, 0.15) is 0 Å². The van der Waals surface area contributed by atoms with Gasteiger partial charge in [-0.25, -0.2) is 0 Å². The van der Waals surface area contributed by atoms with E-state index in [1.165, 1.54) is 0 Å². The van der Waals surface area contributed by atoms with Crippen LogP contribution in [0.25, 0.3) is 0 Å². The topological polar surface area (TPSA) is 40.5 Å². The molecule has 5 heteroatoms. The molecule has 0 saturated carbocycles. The van der Waals surface area contributed by atoms with E-state index in [0.29, 0.717) is 0 Å². The molecule has 0 saturated heterocycles. The Labute approximate surface area is 61.0 Å². The number of halogens is 2. The van der Waals surface area contributed by atoms with Gasteiger partial charge in [0, 0.05) is 0 Å². The number of hydrogen-bond donors (Lipinski definition) is 2. The molecule has 0 aliphatic carbocycles. The second-order valence-corrected chi connectivity index (χ2v) is 0. The van der Waals surface area contributed by atoms with Crippen LogP contribution in [0.5, 0.6) is 0 Å². The summed E-state index contributed by atoms with van der Waals surface area (Å²) in [6.07, 6.45) is 0. The molecule has 0 aromatic rings. The van der Waals surface area contributed by atoms with Gasteiger partial charge in [0.1, 0.15) is 0 Å². The zero-order valence-corrected chi connectivity index (χ0v) is 6.13. The SMILES string of the molecule is OO.[Br-].[Br-].[Ni+2]. The van der Waals surface area contributed by atoms with Crippen molar-refractivity contribution in [3.05, 3.63) is 0 Å². The third kappa shape index (κ3) is 32.4. The fourth-order valence-electron chi connectivity index (χ4n) is 0. The number of hydrogen-bond acceptors (Lipinski definition) is 2. The first-order valence-electron chi connectivity index (χ1n) is 0.200. The molecule has 0 aliphatic heterocycles. The van der Waals surface area contributed by atoms with Crippen LogP contribution in [-0.2, 0) is 16.5 Å². The summed E-state index contributed by atoms with van der Waals surface area (Å²) in [4.78, 5) is 0. The first-order chi connectivity index (χ1) is 1.00. The molecule has 0 aromatic carbocycles. The quantitative estimate of drug-likeness (QED) is 0.256. The Kier molecular flexibility index (Phi) is 356. The summed E-state index contributed by atoms with van der Waals surface area (Å²) in [6.45, 7) is 0. The molecule has 0 unspecified atom stereocenters. The largest absolute Gasteiger partial charge is 2.00 e. The summed E-state index contributed by atoms with van der Waals surface area (Å²) in [5.41, 5.74) is 0. The third-order valence-electron chi connectivity index (χ3n) is 0. The van der Waals surface area contributed by atoms with Crippen LogP contribution in [-0.4, -0.2) is 10.5 Å². The van der Waals surface area contributed by atoms with Crippen molar-refractivity contribution in [3.8, 4) is 0 Å². The molecule has 0 rings (SSSR count). The molecule has 0 aromatic heterocycles. The molecule has 0 aliphatic rings. The van der Waals surface area contributed by atoms with E-state index in [4.69, 9.17) is 10.5 Å². The molecule has 0 atom stereocenters. The van der Waals surface area contributed by atoms with Crippen molar-refractivity contribution in [3.63, 3.8) is 0 Å². The molecule has 0 heterocycles. The Hall–Kier alpha value is 1.37. The van der Waals surface area contributed by atoms with Gasteiger partial charge in [-0.05, 0) is 0 Å². The van der Waals surface area contributed by atoms with Gasteiger partial charge in [0.15, 0.2) is 0 Å². The van der Waals surface area contributed by atoms with E-state index in [1.807, 2.05) is 0 Å². The minimum atomic E-state index is 0. The van der Waals surface area contributed by atoms with E-state index in [1.54, 1.807) is 0 Å². The summed E-state index contributed by atoms with van der Waals surface area (Å²) < 4.78 is 0. The number of rotatable bonds is 0. The summed E-state index contributed by atoms with van der Waals surface area (Å²) >= 11 is 0. The molecule has 38 valence electrons. The Morgan fingerprint density at radius 3 is 0.800 bits per heavy atom. The van der Waals surface area contributed by atoms with Crippen molar-refractivity contribution < 1.29 is 61.0 Å². The van der Waals surface area contributed by atoms with Crippen LogP contribution < -0.4 is 34.0 Å². The van der Waals surface area contributed by atoms with Gasteiger partial charge in [-0.15, -0.1) is 0 Å². The normalized spacial score (nSPS) is 1.20. The van der Waals surface area contributed by atoms with Crippen LogP contribution in [0.2, 0.25) is 0 Å². The maximum atomic E-state index is 6.00. The van der Waals surface area contributed by atoms with Crippen molar-refractivity contribution >= 4 is 0 Å². The smallest absolute Gasteiger partial charge is 1.00 e. The van der Waals surface area contributed by atoms with Crippen molar-refractivity contribution in [2.75, 3.05) is 0 Å². The molecule has 2 N–H and O–H groups in total. The monoisotopic (exact) mass is 250 g/mol. The first-order valence-corrected chi connectivity index (χ1v) is 0.200. The van der Waals surface area contributed by atoms with E-state index in [9.17, 15) is 0 Å². The summed E-state index contributed by atoms with van der Waals surface area (Å²) in [7, 11) is 0. The van der Waals surface area contributed by atoms with Crippen LogP contribution in [0.15, 0.2) is 0 Å². The minimum Gasteiger partial charge on any atom is -1.00 e. The van der Waals surface area contributed by atoms with Gasteiger partial charge in [0.25, 0.3) is 0 Å². The van der Waals surface area contributed by atoms with Gasteiger partial charge in [-0.2, -0.15) is 0 Å². The molecular formula is H2Br2NiO2. The van der Waals surface area contributed by atoms with E-state index in [-0.39, 0.29) is 50.5 Å². The van der Waals surface area contributed by atoms with E-state index in [0.717, 1.165) is 0 Å². The Morgan fingerprint density at radius 2 is 0.800 bits per heavy atom. The van der Waals surface area contributed by atoms with Gasteiger partial charge < -0.3 is 34.0 Å². The second kappa shape index (κ2) is 54.5. The zero-order valence-electron chi connectivity index (χ0n) is 1.97. The third-order valence-corrected chi connectivity index (χ3v) is 0. The molecule has 0 fully saturated rings. The van der Waals surface area contributed by atoms with Gasteiger partial charge in [0.05, 0.1) is 0 Å². The van der Waals surface area contributed by atoms with E-state index < -0.39 is 0 Å². The molecule has 0 amide bonds. The van der Waals surface area contributed by atoms with Crippen molar-refractivity contribution in [1.82, 2.24) is 0 Å². The molecule has 5 heavy (non-hydrogen) atoms. The predicted octanol–water partition coefficient (Wildman–Crippen LogP) is -5.98. The van der Waals surface area contributed by atoms with Crippen LogP contribution in [0, 0.1) is 0 Å². The van der Waals surface area contributed by atoms with Crippen molar-refractivity contribution in [1.29, 1.82) is 0 Å². The maximum Gasteiger partial charge on any atom is 2.00 e. The summed E-state index contributed by atoms with van der Waals surface area (Å²) in [5.74, 6) is 0. The zero-order chi connectivity index (χ0) is 2.00. The van der Waals surface area contributed by atoms with E-state index in [2.05, 4.69) is 0 Å². The summed E-state index contributed by atoms with van der Waals surface area (Å²) in [5, 5.41) is 12.0. The predicted molar refractivity (Wildman–Crippen MR) is 5.26 cm³/mol. The standard InChI is InChI=1S/2BrH.Ni.H2O2/c;;;1-2/h2*1H;;1-2H/q;;+2;/p-2. The fourth-order valence-corrected chi connectivity index (χ4v) is 0. The summed E-state index contributed by atoms with van der Waals surface area (Å²) in [6, 6.07) is 0. The van der Waals surface area contributed by atoms with Gasteiger partial charge in [0.2, 0.25) is 0 Å². The molecule has 0 radical (unpaired) electrons. The second-order valence-electron chi connectivity index (χ2n) is 0. The fraction of sp³-hybridized carbons (Fsp3) is 0. The van der Waals surface area contributed by atoms with Gasteiger partial charge in [-0.3, -0.25) is 10.5 Å². The molecule has 2 nitrogen and oxygen atoms in total. The Balaban J connectivity index is -0.00000000167. The average molecular weight is 253 g/mol. The molecule has 0 bridgehead atoms. The first kappa shape index (κ1) is 32.7. The Bertz CT molecular complexity index is 7.61. The van der Waals surface area contributed by atoms with Crippen LogP contribution in [0.3, 0.4) is 0 Å². The minimum absolute atomic E-state index is 0. The Morgan fingerprint density at radius 1 is 0.800 bits per heavy atom.